The Kier molecular flexibility index (Phi) is 3.15. The van der Waals surface area contributed by atoms with Gasteiger partial charge in [0, 0.05) is 5.38 Å². The average Bonchev–Trinajstić information content (AvgIpc) is 2.64. The van der Waals surface area contributed by atoms with E-state index in [4.69, 9.17) is 16.3 Å². The summed E-state index contributed by atoms with van der Waals surface area (Å²) in [6.07, 6.45) is 8.56. The normalized spacial score (nSPS) is 45.7. The van der Waals surface area contributed by atoms with E-state index in [-0.39, 0.29) is 0 Å². The van der Waals surface area contributed by atoms with E-state index in [1.807, 2.05) is 0 Å². The van der Waals surface area contributed by atoms with Crippen LogP contribution in [0.3, 0.4) is 0 Å². The van der Waals surface area contributed by atoms with Crippen LogP contribution in [0.4, 0.5) is 0 Å². The Morgan fingerprint density at radius 1 is 1.23 bits per heavy atom. The van der Waals surface area contributed by atoms with Crippen LogP contribution in [0.25, 0.3) is 0 Å². The maximum atomic E-state index is 6.24. The number of hydrogen-bond donors (Lipinski definition) is 0. The second-order valence-corrected chi connectivity index (χ2v) is 5.15. The molecule has 0 aromatic rings. The molecule has 1 saturated heterocycles. The molecular weight excluding hydrogens is 184 g/mol. The monoisotopic (exact) mass is 202 g/mol. The first kappa shape index (κ1) is 9.79. The fourth-order valence-electron chi connectivity index (χ4n) is 2.65. The summed E-state index contributed by atoms with van der Waals surface area (Å²) in [7, 11) is 0. The smallest absolute Gasteiger partial charge is 0.0582 e. The van der Waals surface area contributed by atoms with E-state index in [1.165, 1.54) is 38.5 Å². The van der Waals surface area contributed by atoms with Crippen LogP contribution in [0, 0.1) is 5.92 Å². The Morgan fingerprint density at radius 2 is 2.08 bits per heavy atom. The summed E-state index contributed by atoms with van der Waals surface area (Å²) in [5, 5.41) is 0.430. The second kappa shape index (κ2) is 4.18. The zero-order valence-electron chi connectivity index (χ0n) is 8.34. The molecule has 0 radical (unpaired) electrons. The Morgan fingerprint density at radius 3 is 2.62 bits per heavy atom. The van der Waals surface area contributed by atoms with Gasteiger partial charge in [-0.05, 0) is 44.9 Å². The van der Waals surface area contributed by atoms with Crippen LogP contribution in [-0.2, 0) is 4.74 Å². The highest BCUT2D eigenvalue weighted by molar-refractivity contribution is 6.20. The maximum Gasteiger partial charge on any atom is 0.0582 e. The average molecular weight is 203 g/mol. The van der Waals surface area contributed by atoms with Crippen LogP contribution in [0.1, 0.15) is 45.4 Å². The predicted octanol–water partition coefficient (Wildman–Crippen LogP) is 3.35. The van der Waals surface area contributed by atoms with Crippen LogP contribution in [-0.4, -0.2) is 17.6 Å². The number of alkyl halides is 1. The van der Waals surface area contributed by atoms with Crippen molar-refractivity contribution in [3.63, 3.8) is 0 Å². The number of rotatable bonds is 2. The molecule has 13 heavy (non-hydrogen) atoms. The molecule has 1 nitrogen and oxygen atoms in total. The molecule has 0 aromatic heterocycles. The third-order valence-electron chi connectivity index (χ3n) is 3.45. The highest BCUT2D eigenvalue weighted by Crippen LogP contribution is 2.36. The summed E-state index contributed by atoms with van der Waals surface area (Å²) in [6, 6.07) is 0. The van der Waals surface area contributed by atoms with Crippen molar-refractivity contribution in [2.75, 3.05) is 0 Å². The molecule has 1 heterocycles. The topological polar surface area (TPSA) is 9.23 Å². The predicted molar refractivity (Wildman–Crippen MR) is 55.2 cm³/mol. The van der Waals surface area contributed by atoms with Gasteiger partial charge in [-0.1, -0.05) is 6.42 Å². The minimum atomic E-state index is 0.430. The quantitative estimate of drug-likeness (QED) is 0.624. The molecule has 0 bridgehead atoms. The van der Waals surface area contributed by atoms with Crippen molar-refractivity contribution in [2.45, 2.75) is 63.0 Å². The molecule has 0 N–H and O–H groups in total. The molecule has 1 aliphatic carbocycles. The van der Waals surface area contributed by atoms with Crippen molar-refractivity contribution in [3.8, 4) is 0 Å². The Bertz CT molecular complexity index is 171. The molecular formula is C11H19ClO. The lowest BCUT2D eigenvalue weighted by molar-refractivity contribution is 0.0416. The van der Waals surface area contributed by atoms with Gasteiger partial charge < -0.3 is 4.74 Å². The molecule has 1 aliphatic heterocycles. The first-order valence-corrected chi connectivity index (χ1v) is 5.99. The molecule has 2 rings (SSSR count). The van der Waals surface area contributed by atoms with Gasteiger partial charge in [-0.3, -0.25) is 0 Å². The zero-order chi connectivity index (χ0) is 9.26. The maximum absolute atomic E-state index is 6.24. The van der Waals surface area contributed by atoms with Crippen molar-refractivity contribution < 1.29 is 4.74 Å². The summed E-state index contributed by atoms with van der Waals surface area (Å²) in [6.45, 7) is 2.17. The van der Waals surface area contributed by atoms with Gasteiger partial charge in [0.2, 0.25) is 0 Å². The largest absolute Gasteiger partial charge is 0.375 e. The van der Waals surface area contributed by atoms with Crippen molar-refractivity contribution in [1.29, 1.82) is 0 Å². The number of ether oxygens (including phenoxy) is 1. The van der Waals surface area contributed by atoms with Crippen molar-refractivity contribution >= 4 is 11.6 Å². The SMILES string of the molecule is CC1CCC(CC2CCCC2Cl)O1. The van der Waals surface area contributed by atoms with E-state index in [0.717, 1.165) is 5.92 Å². The first-order valence-electron chi connectivity index (χ1n) is 5.55. The Labute approximate surface area is 85.8 Å². The van der Waals surface area contributed by atoms with Gasteiger partial charge in [0.25, 0.3) is 0 Å². The van der Waals surface area contributed by atoms with Crippen molar-refractivity contribution in [3.05, 3.63) is 0 Å². The molecule has 1 saturated carbocycles. The Hall–Kier alpha value is 0.250. The fraction of sp³-hybridized carbons (Fsp3) is 1.00. The molecule has 2 aliphatic rings. The van der Waals surface area contributed by atoms with Crippen LogP contribution in [0.2, 0.25) is 0 Å². The second-order valence-electron chi connectivity index (χ2n) is 4.59. The summed E-state index contributed by atoms with van der Waals surface area (Å²) in [5.74, 6) is 0.733. The van der Waals surface area contributed by atoms with Gasteiger partial charge in [0.1, 0.15) is 0 Å². The lowest BCUT2D eigenvalue weighted by Gasteiger charge is -2.18. The summed E-state index contributed by atoms with van der Waals surface area (Å²) in [5.41, 5.74) is 0. The van der Waals surface area contributed by atoms with Crippen LogP contribution >= 0.6 is 11.6 Å². The zero-order valence-corrected chi connectivity index (χ0v) is 9.09. The van der Waals surface area contributed by atoms with E-state index in [1.54, 1.807) is 0 Å². The lowest BCUT2D eigenvalue weighted by atomic mass is 9.98. The Balaban J connectivity index is 1.77. The molecule has 4 unspecified atom stereocenters. The van der Waals surface area contributed by atoms with Crippen molar-refractivity contribution in [2.24, 2.45) is 5.92 Å². The standard InChI is InChI=1S/C11H19ClO/c1-8-5-6-10(13-8)7-9-3-2-4-11(9)12/h8-11H,2-7H2,1H3. The van der Waals surface area contributed by atoms with E-state index in [0.29, 0.717) is 17.6 Å². The summed E-state index contributed by atoms with van der Waals surface area (Å²) < 4.78 is 5.81. The third kappa shape index (κ3) is 2.38. The number of halogens is 1. The molecule has 2 fully saturated rings. The first-order chi connectivity index (χ1) is 6.25. The fourth-order valence-corrected chi connectivity index (χ4v) is 3.04. The molecule has 0 spiro atoms. The van der Waals surface area contributed by atoms with Crippen LogP contribution in [0.15, 0.2) is 0 Å². The molecule has 2 heteroatoms. The number of hydrogen-bond acceptors (Lipinski definition) is 1. The molecule has 0 aromatic carbocycles. The van der Waals surface area contributed by atoms with Gasteiger partial charge in [-0.2, -0.15) is 0 Å². The van der Waals surface area contributed by atoms with Gasteiger partial charge in [-0.25, -0.2) is 0 Å². The van der Waals surface area contributed by atoms with Gasteiger partial charge in [-0.15, -0.1) is 11.6 Å². The van der Waals surface area contributed by atoms with E-state index in [9.17, 15) is 0 Å². The van der Waals surface area contributed by atoms with E-state index < -0.39 is 0 Å². The van der Waals surface area contributed by atoms with E-state index in [2.05, 4.69) is 6.92 Å². The van der Waals surface area contributed by atoms with Gasteiger partial charge in [0.05, 0.1) is 12.2 Å². The highest BCUT2D eigenvalue weighted by atomic mass is 35.5. The third-order valence-corrected chi connectivity index (χ3v) is 4.03. The van der Waals surface area contributed by atoms with E-state index >= 15 is 0 Å². The van der Waals surface area contributed by atoms with Gasteiger partial charge in [0.15, 0.2) is 0 Å². The van der Waals surface area contributed by atoms with Crippen molar-refractivity contribution in [1.82, 2.24) is 0 Å². The molecule has 4 atom stereocenters. The summed E-state index contributed by atoms with van der Waals surface area (Å²) in [4.78, 5) is 0. The van der Waals surface area contributed by atoms with Crippen LogP contribution in [0.5, 0.6) is 0 Å². The molecule has 76 valence electrons. The van der Waals surface area contributed by atoms with Gasteiger partial charge >= 0.3 is 0 Å². The lowest BCUT2D eigenvalue weighted by Crippen LogP contribution is -2.17. The van der Waals surface area contributed by atoms with Crippen LogP contribution < -0.4 is 0 Å². The summed E-state index contributed by atoms with van der Waals surface area (Å²) >= 11 is 6.24. The minimum absolute atomic E-state index is 0.430. The highest BCUT2D eigenvalue weighted by Gasteiger charge is 2.31. The molecule has 0 amide bonds. The minimum Gasteiger partial charge on any atom is -0.375 e.